The van der Waals surface area contributed by atoms with Gasteiger partial charge in [0.15, 0.2) is 0 Å². The number of carbonyl (C=O) groups excluding carboxylic acids is 2. The van der Waals surface area contributed by atoms with Crippen LogP contribution in [0.4, 0.5) is 0 Å². The zero-order chi connectivity index (χ0) is 26.3. The van der Waals surface area contributed by atoms with E-state index in [0.717, 1.165) is 30.3 Å². The van der Waals surface area contributed by atoms with Crippen LogP contribution in [0.3, 0.4) is 0 Å². The van der Waals surface area contributed by atoms with Gasteiger partial charge < -0.3 is 9.47 Å². The number of unbranched alkanes of at least 4 members (excludes halogenated alkanes) is 12. The minimum atomic E-state index is -0.273. The van der Waals surface area contributed by atoms with E-state index in [1.165, 1.54) is 77.0 Å². The fourth-order valence-corrected chi connectivity index (χ4v) is 4.39. The Balaban J connectivity index is 0.00000316. The third-order valence-electron chi connectivity index (χ3n) is 6.43. The number of carbonyl (C=O) groups is 2. The van der Waals surface area contributed by atoms with Gasteiger partial charge in [-0.25, -0.2) is 0 Å². The molecule has 36 heavy (non-hydrogen) atoms. The first-order chi connectivity index (χ1) is 17.7. The van der Waals surface area contributed by atoms with Crippen molar-refractivity contribution in [2.24, 2.45) is 0 Å². The predicted molar refractivity (Wildman–Crippen MR) is 136 cm³/mol. The Labute approximate surface area is 227 Å². The maximum atomic E-state index is 12.1. The molecule has 0 saturated heterocycles. The summed E-state index contributed by atoms with van der Waals surface area (Å²) in [5.74, 6) is -0.546. The number of aromatic nitrogens is 1. The molecule has 0 unspecified atom stereocenters. The number of ether oxygens (including phenoxy) is 2. The number of nitrogens with zero attached hydrogens (tertiary/aromatic N) is 2. The van der Waals surface area contributed by atoms with Crippen molar-refractivity contribution in [3.63, 3.8) is 0 Å². The second-order valence-corrected chi connectivity index (χ2v) is 9.50. The molecule has 8 heteroatoms. The summed E-state index contributed by atoms with van der Waals surface area (Å²) in [6, 6.07) is 5.37. The van der Waals surface area contributed by atoms with E-state index >= 15 is 0 Å². The number of pyridine rings is 1. The molecule has 1 aromatic heterocycles. The number of esters is 2. The Bertz CT molecular complexity index is 680. The van der Waals surface area contributed by atoms with Crippen LogP contribution in [0, 0.1) is 0 Å². The SMILES string of the molecule is CCCCCCCCCCCCCCCN1CCOC(=O)Cc2cccc(n2)CC(=O)OCC1.[O]=[V]. The van der Waals surface area contributed by atoms with Gasteiger partial charge in [-0.2, -0.15) is 0 Å². The van der Waals surface area contributed by atoms with Gasteiger partial charge in [-0.3, -0.25) is 19.5 Å². The molecular formula is C28H46N2O5V. The Morgan fingerprint density at radius 3 is 1.58 bits per heavy atom. The second-order valence-electron chi connectivity index (χ2n) is 9.50. The fraction of sp³-hybridized carbons (Fsp3) is 0.750. The first kappa shape index (κ1) is 32.5. The number of rotatable bonds is 14. The van der Waals surface area contributed by atoms with Gasteiger partial charge in [0.25, 0.3) is 0 Å². The van der Waals surface area contributed by atoms with Crippen molar-refractivity contribution in [2.75, 3.05) is 32.8 Å². The fourth-order valence-electron chi connectivity index (χ4n) is 4.39. The summed E-state index contributed by atoms with van der Waals surface area (Å²) in [5.41, 5.74) is 1.24. The molecule has 1 aromatic rings. The quantitative estimate of drug-likeness (QED) is 0.226. The summed E-state index contributed by atoms with van der Waals surface area (Å²) in [6.45, 7) is 5.23. The number of fused-ring (bicyclic) bond motifs is 2. The normalized spacial score (nSPS) is 15.2. The Kier molecular flexibility index (Phi) is 20.4. The van der Waals surface area contributed by atoms with Gasteiger partial charge in [0.05, 0.1) is 24.2 Å². The number of hydrogen-bond acceptors (Lipinski definition) is 7. The van der Waals surface area contributed by atoms with E-state index in [1.54, 1.807) is 18.2 Å². The molecular weight excluding hydrogens is 495 g/mol. The van der Waals surface area contributed by atoms with Gasteiger partial charge in [0, 0.05) is 13.1 Å². The van der Waals surface area contributed by atoms with Crippen LogP contribution in [0.25, 0.3) is 0 Å². The van der Waals surface area contributed by atoms with Crippen molar-refractivity contribution in [1.82, 2.24) is 9.88 Å². The Morgan fingerprint density at radius 2 is 1.14 bits per heavy atom. The molecule has 0 atom stereocenters. The van der Waals surface area contributed by atoms with Crippen LogP contribution in [-0.4, -0.2) is 54.7 Å². The van der Waals surface area contributed by atoms with Crippen LogP contribution in [-0.2, 0) is 52.9 Å². The van der Waals surface area contributed by atoms with Gasteiger partial charge in [0.1, 0.15) is 13.2 Å². The van der Waals surface area contributed by atoms with Gasteiger partial charge in [0.2, 0.25) is 0 Å². The monoisotopic (exact) mass is 541 g/mol. The second kappa shape index (κ2) is 22.6. The summed E-state index contributed by atoms with van der Waals surface area (Å²) in [7, 11) is 0. The van der Waals surface area contributed by atoms with Crippen molar-refractivity contribution < 1.29 is 40.1 Å². The summed E-state index contributed by atoms with van der Waals surface area (Å²) >= 11 is 1.06. The minimum absolute atomic E-state index is 0.127. The van der Waals surface area contributed by atoms with Crippen LogP contribution in [0.5, 0.6) is 0 Å². The van der Waals surface area contributed by atoms with Crippen molar-refractivity contribution in [3.8, 4) is 0 Å². The van der Waals surface area contributed by atoms with Gasteiger partial charge in [-0.1, -0.05) is 90.0 Å². The predicted octanol–water partition coefficient (Wildman–Crippen LogP) is 5.54. The van der Waals surface area contributed by atoms with Crippen molar-refractivity contribution >= 4 is 11.9 Å². The van der Waals surface area contributed by atoms with Crippen LogP contribution < -0.4 is 0 Å². The van der Waals surface area contributed by atoms with E-state index in [1.807, 2.05) is 0 Å². The average molecular weight is 542 g/mol. The van der Waals surface area contributed by atoms with Crippen molar-refractivity contribution in [2.45, 2.75) is 103 Å². The molecule has 0 aromatic carbocycles. The van der Waals surface area contributed by atoms with Gasteiger partial charge in [-0.15, -0.1) is 0 Å². The van der Waals surface area contributed by atoms with Gasteiger partial charge in [-0.05, 0) is 25.1 Å². The average Bonchev–Trinajstić information content (AvgIpc) is 2.87. The number of hydrogen-bond donors (Lipinski definition) is 0. The molecule has 2 rings (SSSR count). The van der Waals surface area contributed by atoms with Gasteiger partial charge >= 0.3 is 33.0 Å². The molecule has 1 aliphatic rings. The molecule has 0 spiro atoms. The number of cyclic esters (lactones) is 2. The van der Waals surface area contributed by atoms with E-state index in [4.69, 9.17) is 13.1 Å². The standard InChI is InChI=1S/C28H46N2O4.O.V/c1-2-3-4-5-6-7-8-9-10-11-12-13-14-18-30-19-21-33-27(31)23-25-16-15-17-26(29-25)24-28(32)34-22-20-30;;/h15-17H,2-14,18-24H2,1H3;;. The molecule has 0 fully saturated rings. The molecule has 0 radical (unpaired) electrons. The molecule has 0 aliphatic carbocycles. The first-order valence-corrected chi connectivity index (χ1v) is 14.4. The Hall–Kier alpha value is -1.57. The summed E-state index contributed by atoms with van der Waals surface area (Å²) < 4.78 is 19.0. The summed E-state index contributed by atoms with van der Waals surface area (Å²) in [4.78, 5) is 30.9. The first-order valence-electron chi connectivity index (χ1n) is 13.8. The van der Waals surface area contributed by atoms with E-state index in [0.29, 0.717) is 37.7 Å². The molecule has 2 bridgehead atoms. The van der Waals surface area contributed by atoms with Crippen LogP contribution in [0.2, 0.25) is 0 Å². The van der Waals surface area contributed by atoms with E-state index in [-0.39, 0.29) is 24.8 Å². The molecule has 0 amide bonds. The van der Waals surface area contributed by atoms with E-state index in [9.17, 15) is 9.59 Å². The van der Waals surface area contributed by atoms with Crippen molar-refractivity contribution in [3.05, 3.63) is 29.6 Å². The van der Waals surface area contributed by atoms with E-state index < -0.39 is 0 Å². The third-order valence-corrected chi connectivity index (χ3v) is 6.43. The van der Waals surface area contributed by atoms with Crippen molar-refractivity contribution in [1.29, 1.82) is 0 Å². The topological polar surface area (TPSA) is 85.8 Å². The molecule has 7 nitrogen and oxygen atoms in total. The molecule has 0 N–H and O–H groups in total. The summed E-state index contributed by atoms with van der Waals surface area (Å²) in [6.07, 6.45) is 17.6. The van der Waals surface area contributed by atoms with E-state index in [2.05, 4.69) is 16.8 Å². The Morgan fingerprint density at radius 1 is 0.722 bits per heavy atom. The maximum absolute atomic E-state index is 12.1. The van der Waals surface area contributed by atoms with Crippen LogP contribution in [0.15, 0.2) is 18.2 Å². The summed E-state index contributed by atoms with van der Waals surface area (Å²) in [5, 5.41) is 0. The molecule has 2 heterocycles. The molecule has 1 aliphatic heterocycles. The molecule has 0 saturated carbocycles. The van der Waals surface area contributed by atoms with Crippen LogP contribution >= 0.6 is 0 Å². The zero-order valence-corrected chi connectivity index (χ0v) is 23.7. The van der Waals surface area contributed by atoms with Crippen LogP contribution in [0.1, 0.15) is 102 Å². The zero-order valence-electron chi connectivity index (χ0n) is 22.3. The molecule has 203 valence electrons. The third kappa shape index (κ3) is 17.0.